The van der Waals surface area contributed by atoms with Gasteiger partial charge in [-0.3, -0.25) is 0 Å². The SMILES string of the molecule is c1ccc(-c2cccc(N(c3ccc(-c4cc(-n5c6ccccc6c6ccccc65)cc5ccccc45)cc3)c3cccc4sc5ccccc5c34)c2)cc1. The maximum atomic E-state index is 2.43. The molecule has 0 aliphatic heterocycles. The number of nitrogens with zero attached hydrogens (tertiary/aromatic N) is 2. The van der Waals surface area contributed by atoms with Gasteiger partial charge in [-0.25, -0.2) is 0 Å². The van der Waals surface area contributed by atoms with E-state index in [0.29, 0.717) is 0 Å². The van der Waals surface area contributed by atoms with Gasteiger partial charge in [0.2, 0.25) is 0 Å². The molecule has 2 aromatic heterocycles. The zero-order valence-corrected chi connectivity index (χ0v) is 30.7. The molecule has 0 saturated carbocycles. The van der Waals surface area contributed by atoms with Gasteiger partial charge < -0.3 is 9.47 Å². The van der Waals surface area contributed by atoms with Crippen LogP contribution in [0.15, 0.2) is 206 Å². The van der Waals surface area contributed by atoms with Crippen molar-refractivity contribution in [1.82, 2.24) is 4.57 Å². The molecule has 0 bridgehead atoms. The predicted molar refractivity (Wildman–Crippen MR) is 237 cm³/mol. The molecular weight excluding hydrogens is 685 g/mol. The summed E-state index contributed by atoms with van der Waals surface area (Å²) < 4.78 is 5.00. The fourth-order valence-electron chi connectivity index (χ4n) is 8.48. The molecule has 2 heterocycles. The second-order valence-electron chi connectivity index (χ2n) is 14.1. The number of anilines is 3. The highest BCUT2D eigenvalue weighted by Crippen LogP contribution is 2.46. The number of hydrogen-bond acceptors (Lipinski definition) is 2. The molecule has 0 radical (unpaired) electrons. The number of fused-ring (bicyclic) bond motifs is 7. The molecule has 11 rings (SSSR count). The average Bonchev–Trinajstić information content (AvgIpc) is 3.81. The van der Waals surface area contributed by atoms with Gasteiger partial charge in [-0.05, 0) is 99.8 Å². The first-order valence-electron chi connectivity index (χ1n) is 18.8. The number of rotatable bonds is 6. The normalized spacial score (nSPS) is 11.6. The first kappa shape index (κ1) is 31.6. The van der Waals surface area contributed by atoms with Gasteiger partial charge in [-0.2, -0.15) is 0 Å². The molecule has 0 fully saturated rings. The predicted octanol–water partition coefficient (Wildman–Crippen LogP) is 15.1. The Morgan fingerprint density at radius 2 is 1.00 bits per heavy atom. The van der Waals surface area contributed by atoms with Crippen LogP contribution in [0.4, 0.5) is 17.1 Å². The summed E-state index contributed by atoms with van der Waals surface area (Å²) >= 11 is 1.86. The van der Waals surface area contributed by atoms with E-state index in [1.54, 1.807) is 0 Å². The van der Waals surface area contributed by atoms with Gasteiger partial charge in [-0.15, -0.1) is 11.3 Å². The molecule has 55 heavy (non-hydrogen) atoms. The summed E-state index contributed by atoms with van der Waals surface area (Å²) in [4.78, 5) is 2.43. The van der Waals surface area contributed by atoms with Gasteiger partial charge in [0.05, 0.1) is 16.7 Å². The monoisotopic (exact) mass is 718 g/mol. The minimum absolute atomic E-state index is 1.11. The van der Waals surface area contributed by atoms with Gasteiger partial charge in [0.15, 0.2) is 0 Å². The van der Waals surface area contributed by atoms with Crippen molar-refractivity contribution in [3.63, 3.8) is 0 Å². The van der Waals surface area contributed by atoms with E-state index < -0.39 is 0 Å². The maximum absolute atomic E-state index is 2.43. The highest BCUT2D eigenvalue weighted by Gasteiger charge is 2.20. The molecule has 3 heteroatoms. The van der Waals surface area contributed by atoms with Gasteiger partial charge in [-0.1, -0.05) is 140 Å². The molecule has 258 valence electrons. The van der Waals surface area contributed by atoms with E-state index in [9.17, 15) is 0 Å². The van der Waals surface area contributed by atoms with Crippen molar-refractivity contribution >= 4 is 81.1 Å². The third kappa shape index (κ3) is 5.24. The van der Waals surface area contributed by atoms with E-state index in [1.807, 2.05) is 11.3 Å². The summed E-state index contributed by atoms with van der Waals surface area (Å²) in [5.41, 5.74) is 11.8. The number of para-hydroxylation sites is 2. The van der Waals surface area contributed by atoms with Gasteiger partial charge in [0, 0.05) is 48.0 Å². The van der Waals surface area contributed by atoms with Crippen molar-refractivity contribution in [2.24, 2.45) is 0 Å². The van der Waals surface area contributed by atoms with Crippen LogP contribution in [0.25, 0.3) is 80.7 Å². The van der Waals surface area contributed by atoms with E-state index in [2.05, 4.69) is 216 Å². The third-order valence-corrected chi connectivity index (χ3v) is 12.1. The largest absolute Gasteiger partial charge is 0.310 e. The number of thiophene rings is 1. The Hall–Kier alpha value is -6.94. The second kappa shape index (κ2) is 12.9. The number of benzene rings is 9. The van der Waals surface area contributed by atoms with Crippen LogP contribution in [0.3, 0.4) is 0 Å². The summed E-state index contributed by atoms with van der Waals surface area (Å²) in [6.07, 6.45) is 0. The summed E-state index contributed by atoms with van der Waals surface area (Å²) in [5, 5.41) is 7.55. The summed E-state index contributed by atoms with van der Waals surface area (Å²) in [5.74, 6) is 0. The van der Waals surface area contributed by atoms with E-state index in [0.717, 1.165) is 17.1 Å². The molecule has 0 N–H and O–H groups in total. The van der Waals surface area contributed by atoms with Crippen molar-refractivity contribution < 1.29 is 0 Å². The van der Waals surface area contributed by atoms with Crippen LogP contribution in [0, 0.1) is 0 Å². The van der Waals surface area contributed by atoms with Crippen LogP contribution in [0.2, 0.25) is 0 Å². The Labute approximate surface area is 323 Å². The van der Waals surface area contributed by atoms with Gasteiger partial charge in [0.1, 0.15) is 0 Å². The first-order valence-corrected chi connectivity index (χ1v) is 19.6. The lowest BCUT2D eigenvalue weighted by atomic mass is 9.96. The van der Waals surface area contributed by atoms with Gasteiger partial charge in [0.25, 0.3) is 0 Å². The van der Waals surface area contributed by atoms with E-state index >= 15 is 0 Å². The van der Waals surface area contributed by atoms with E-state index in [1.165, 1.54) is 80.7 Å². The van der Waals surface area contributed by atoms with Crippen molar-refractivity contribution in [3.8, 4) is 27.9 Å². The average molecular weight is 719 g/mol. The first-order chi connectivity index (χ1) is 27.3. The zero-order chi connectivity index (χ0) is 36.3. The topological polar surface area (TPSA) is 8.17 Å². The van der Waals surface area contributed by atoms with Crippen LogP contribution in [-0.2, 0) is 0 Å². The van der Waals surface area contributed by atoms with Crippen LogP contribution in [-0.4, -0.2) is 4.57 Å². The molecule has 0 spiro atoms. The maximum Gasteiger partial charge on any atom is 0.0554 e. The molecule has 0 saturated heterocycles. The molecule has 2 nitrogen and oxygen atoms in total. The Kier molecular flexibility index (Phi) is 7.39. The Bertz CT molecular complexity index is 3150. The Balaban J connectivity index is 1.10. The van der Waals surface area contributed by atoms with Crippen molar-refractivity contribution in [2.45, 2.75) is 0 Å². The molecule has 0 aliphatic rings. The molecule has 9 aromatic carbocycles. The van der Waals surface area contributed by atoms with Gasteiger partial charge >= 0.3 is 0 Å². The fourth-order valence-corrected chi connectivity index (χ4v) is 9.60. The number of hydrogen-bond donors (Lipinski definition) is 0. The zero-order valence-electron chi connectivity index (χ0n) is 29.9. The minimum atomic E-state index is 1.11. The van der Waals surface area contributed by atoms with Crippen LogP contribution in [0.1, 0.15) is 0 Å². The molecule has 0 unspecified atom stereocenters. The highest BCUT2D eigenvalue weighted by molar-refractivity contribution is 7.26. The minimum Gasteiger partial charge on any atom is -0.310 e. The second-order valence-corrected chi connectivity index (χ2v) is 15.2. The smallest absolute Gasteiger partial charge is 0.0554 e. The molecule has 0 atom stereocenters. The van der Waals surface area contributed by atoms with E-state index in [4.69, 9.17) is 0 Å². The molecule has 11 aromatic rings. The third-order valence-electron chi connectivity index (χ3n) is 11.0. The Morgan fingerprint density at radius 3 is 1.78 bits per heavy atom. The highest BCUT2D eigenvalue weighted by atomic mass is 32.1. The quantitative estimate of drug-likeness (QED) is 0.166. The van der Waals surface area contributed by atoms with Crippen LogP contribution >= 0.6 is 11.3 Å². The van der Waals surface area contributed by atoms with Crippen molar-refractivity contribution in [1.29, 1.82) is 0 Å². The van der Waals surface area contributed by atoms with Crippen molar-refractivity contribution in [2.75, 3.05) is 4.90 Å². The number of aromatic nitrogens is 1. The lowest BCUT2D eigenvalue weighted by Crippen LogP contribution is -2.10. The van der Waals surface area contributed by atoms with Crippen LogP contribution < -0.4 is 4.90 Å². The fraction of sp³-hybridized carbons (Fsp3) is 0. The lowest BCUT2D eigenvalue weighted by molar-refractivity contribution is 1.19. The Morgan fingerprint density at radius 1 is 0.382 bits per heavy atom. The summed E-state index contributed by atoms with van der Waals surface area (Å²) in [7, 11) is 0. The molecule has 0 aliphatic carbocycles. The summed E-state index contributed by atoms with van der Waals surface area (Å²) in [6.45, 7) is 0. The van der Waals surface area contributed by atoms with Crippen LogP contribution in [0.5, 0.6) is 0 Å². The molecule has 0 amide bonds. The van der Waals surface area contributed by atoms with E-state index in [-0.39, 0.29) is 0 Å². The summed E-state index contributed by atoms with van der Waals surface area (Å²) in [6, 6.07) is 75.2. The standard InChI is InChI=1S/C52H34N2S/c1-2-14-35(15-3-1)37-17-12-18-40(32-37)53(49-25-13-27-51-52(49)45-22-8-11-26-50(45)55-51)39-30-28-36(29-31-39)46-34-41(33-38-16-4-5-19-42(38)46)54-47-23-9-6-20-43(47)44-21-7-10-24-48(44)54/h1-34H. The lowest BCUT2D eigenvalue weighted by Gasteiger charge is -2.27. The molecular formula is C52H34N2S. The van der Waals surface area contributed by atoms with Crippen molar-refractivity contribution in [3.05, 3.63) is 206 Å².